The summed E-state index contributed by atoms with van der Waals surface area (Å²) in [6.45, 7) is 0.940. The smallest absolute Gasteiger partial charge is 0.0920 e. The second-order valence-electron chi connectivity index (χ2n) is 3.71. The van der Waals surface area contributed by atoms with Crippen molar-refractivity contribution in [3.8, 4) is 11.3 Å². The zero-order chi connectivity index (χ0) is 12.6. The molecule has 0 saturated heterocycles. The predicted octanol–water partition coefficient (Wildman–Crippen LogP) is 2.69. The molecule has 0 fully saturated rings. The van der Waals surface area contributed by atoms with Crippen LogP contribution in [0.4, 0.5) is 5.69 Å². The number of nitrogens with zero attached hydrogens (tertiary/aromatic N) is 2. The van der Waals surface area contributed by atoms with E-state index in [0.29, 0.717) is 0 Å². The minimum absolute atomic E-state index is 0.936. The SMILES string of the molecule is CSCCN/C=N/c1ccc(-c2cc[nH]n2)cc1. The van der Waals surface area contributed by atoms with E-state index in [1.54, 1.807) is 6.34 Å². The summed E-state index contributed by atoms with van der Waals surface area (Å²) in [5.41, 5.74) is 2.97. The van der Waals surface area contributed by atoms with Crippen molar-refractivity contribution in [3.05, 3.63) is 36.5 Å². The largest absolute Gasteiger partial charge is 0.375 e. The van der Waals surface area contributed by atoms with Crippen molar-refractivity contribution in [1.29, 1.82) is 0 Å². The molecule has 0 radical (unpaired) electrons. The Morgan fingerprint density at radius 3 is 2.83 bits per heavy atom. The van der Waals surface area contributed by atoms with Crippen molar-refractivity contribution < 1.29 is 0 Å². The van der Waals surface area contributed by atoms with Gasteiger partial charge in [-0.05, 0) is 24.5 Å². The van der Waals surface area contributed by atoms with Crippen LogP contribution in [0, 0.1) is 0 Å². The van der Waals surface area contributed by atoms with E-state index in [2.05, 4.69) is 26.8 Å². The van der Waals surface area contributed by atoms with Crippen molar-refractivity contribution in [2.75, 3.05) is 18.6 Å². The number of hydrogen-bond donors (Lipinski definition) is 2. The Morgan fingerprint density at radius 2 is 2.17 bits per heavy atom. The standard InChI is InChI=1S/C13H16N4S/c1-18-9-8-14-10-15-12-4-2-11(3-5-12)13-6-7-16-17-13/h2-7,10H,8-9H2,1H3,(H,14,15)(H,16,17). The first-order chi connectivity index (χ1) is 8.90. The van der Waals surface area contributed by atoms with Gasteiger partial charge in [-0.2, -0.15) is 16.9 Å². The molecule has 5 heteroatoms. The Kier molecular flexibility index (Phi) is 4.84. The minimum Gasteiger partial charge on any atom is -0.375 e. The molecule has 18 heavy (non-hydrogen) atoms. The van der Waals surface area contributed by atoms with Gasteiger partial charge in [0.2, 0.25) is 0 Å². The molecule has 1 aromatic heterocycles. The van der Waals surface area contributed by atoms with Gasteiger partial charge >= 0.3 is 0 Å². The molecule has 0 atom stereocenters. The van der Waals surface area contributed by atoms with E-state index in [1.807, 2.05) is 48.3 Å². The topological polar surface area (TPSA) is 53.1 Å². The fourth-order valence-electron chi connectivity index (χ4n) is 1.49. The number of aromatic nitrogens is 2. The Morgan fingerprint density at radius 1 is 1.33 bits per heavy atom. The maximum absolute atomic E-state index is 4.33. The molecular formula is C13H16N4S. The number of H-pyrrole nitrogens is 1. The van der Waals surface area contributed by atoms with Crippen molar-refractivity contribution in [2.45, 2.75) is 0 Å². The molecule has 0 saturated carbocycles. The monoisotopic (exact) mass is 260 g/mol. The summed E-state index contributed by atoms with van der Waals surface area (Å²) in [6, 6.07) is 9.95. The molecule has 0 aliphatic carbocycles. The highest BCUT2D eigenvalue weighted by molar-refractivity contribution is 7.98. The normalized spacial score (nSPS) is 10.9. The average Bonchev–Trinajstić information content (AvgIpc) is 2.93. The summed E-state index contributed by atoms with van der Waals surface area (Å²) in [4.78, 5) is 4.33. The van der Waals surface area contributed by atoms with E-state index in [-0.39, 0.29) is 0 Å². The number of rotatable bonds is 6. The summed E-state index contributed by atoms with van der Waals surface area (Å²) in [6.07, 6.45) is 5.66. The Hall–Kier alpha value is -1.75. The molecule has 1 aromatic carbocycles. The van der Waals surface area contributed by atoms with Gasteiger partial charge < -0.3 is 5.32 Å². The predicted molar refractivity (Wildman–Crippen MR) is 78.6 cm³/mol. The van der Waals surface area contributed by atoms with Crippen molar-refractivity contribution in [2.24, 2.45) is 4.99 Å². The van der Waals surface area contributed by atoms with Crippen LogP contribution in [0.1, 0.15) is 0 Å². The summed E-state index contributed by atoms with van der Waals surface area (Å²) in [5, 5.41) is 10.1. The van der Waals surface area contributed by atoms with Crippen LogP contribution in [-0.2, 0) is 0 Å². The van der Waals surface area contributed by atoms with Gasteiger partial charge in [0.15, 0.2) is 0 Å². The lowest BCUT2D eigenvalue weighted by Crippen LogP contribution is -2.14. The van der Waals surface area contributed by atoms with Gasteiger partial charge in [-0.3, -0.25) is 5.10 Å². The zero-order valence-corrected chi connectivity index (χ0v) is 11.1. The van der Waals surface area contributed by atoms with Crippen molar-refractivity contribution >= 4 is 23.8 Å². The summed E-state index contributed by atoms with van der Waals surface area (Å²) >= 11 is 1.81. The molecule has 0 unspecified atom stereocenters. The van der Waals surface area contributed by atoms with Crippen LogP contribution in [0.2, 0.25) is 0 Å². The molecule has 0 spiro atoms. The number of nitrogens with one attached hydrogen (secondary N) is 2. The molecule has 2 aromatic rings. The summed E-state index contributed by atoms with van der Waals surface area (Å²) < 4.78 is 0. The Labute approximate surface area is 111 Å². The molecule has 4 nitrogen and oxygen atoms in total. The number of aliphatic imine (C=N–C) groups is 1. The second kappa shape index (κ2) is 6.86. The average molecular weight is 260 g/mol. The van der Waals surface area contributed by atoms with Crippen molar-refractivity contribution in [3.63, 3.8) is 0 Å². The fourth-order valence-corrected chi connectivity index (χ4v) is 1.81. The molecule has 1 heterocycles. The Bertz CT molecular complexity index is 476. The van der Waals surface area contributed by atoms with Gasteiger partial charge in [-0.15, -0.1) is 0 Å². The Balaban J connectivity index is 1.92. The van der Waals surface area contributed by atoms with Gasteiger partial charge in [-0.1, -0.05) is 12.1 Å². The number of benzene rings is 1. The first kappa shape index (κ1) is 12.7. The van der Waals surface area contributed by atoms with E-state index in [1.165, 1.54) is 0 Å². The number of hydrogen-bond acceptors (Lipinski definition) is 3. The maximum Gasteiger partial charge on any atom is 0.0920 e. The fraction of sp³-hybridized carbons (Fsp3) is 0.231. The molecule has 0 aliphatic heterocycles. The highest BCUT2D eigenvalue weighted by atomic mass is 32.2. The third-order valence-corrected chi connectivity index (χ3v) is 3.03. The van der Waals surface area contributed by atoms with Gasteiger partial charge in [-0.25, -0.2) is 4.99 Å². The third kappa shape index (κ3) is 3.63. The lowest BCUT2D eigenvalue weighted by atomic mass is 10.1. The van der Waals surface area contributed by atoms with Gasteiger partial charge in [0.25, 0.3) is 0 Å². The summed E-state index contributed by atoms with van der Waals surface area (Å²) in [5.74, 6) is 1.09. The van der Waals surface area contributed by atoms with Crippen LogP contribution in [0.25, 0.3) is 11.3 Å². The first-order valence-electron chi connectivity index (χ1n) is 5.75. The highest BCUT2D eigenvalue weighted by Crippen LogP contribution is 2.19. The van der Waals surface area contributed by atoms with Crippen LogP contribution in [-0.4, -0.2) is 35.1 Å². The molecule has 0 aliphatic rings. The van der Waals surface area contributed by atoms with Gasteiger partial charge in [0, 0.05) is 24.1 Å². The molecule has 0 amide bonds. The molecule has 2 N–H and O–H groups in total. The zero-order valence-electron chi connectivity index (χ0n) is 10.3. The van der Waals surface area contributed by atoms with Crippen LogP contribution in [0.5, 0.6) is 0 Å². The van der Waals surface area contributed by atoms with E-state index in [0.717, 1.165) is 29.2 Å². The van der Waals surface area contributed by atoms with E-state index in [4.69, 9.17) is 0 Å². The second-order valence-corrected chi connectivity index (χ2v) is 4.70. The molecular weight excluding hydrogens is 244 g/mol. The van der Waals surface area contributed by atoms with Gasteiger partial charge in [0.05, 0.1) is 17.7 Å². The number of thioether (sulfide) groups is 1. The maximum atomic E-state index is 4.33. The molecule has 2 rings (SSSR count). The quantitative estimate of drug-likeness (QED) is 0.477. The van der Waals surface area contributed by atoms with E-state index in [9.17, 15) is 0 Å². The van der Waals surface area contributed by atoms with Crippen LogP contribution < -0.4 is 5.32 Å². The third-order valence-electron chi connectivity index (χ3n) is 2.42. The van der Waals surface area contributed by atoms with Gasteiger partial charge in [0.1, 0.15) is 0 Å². The molecule has 94 valence electrons. The lowest BCUT2D eigenvalue weighted by molar-refractivity contribution is 1.000. The van der Waals surface area contributed by atoms with Crippen LogP contribution in [0.3, 0.4) is 0 Å². The minimum atomic E-state index is 0.936. The van der Waals surface area contributed by atoms with Crippen LogP contribution in [0.15, 0.2) is 41.5 Å². The van der Waals surface area contributed by atoms with Crippen molar-refractivity contribution in [1.82, 2.24) is 15.5 Å². The highest BCUT2D eigenvalue weighted by Gasteiger charge is 1.98. The van der Waals surface area contributed by atoms with E-state index >= 15 is 0 Å². The van der Waals surface area contributed by atoms with Crippen LogP contribution >= 0.6 is 11.8 Å². The summed E-state index contributed by atoms with van der Waals surface area (Å²) in [7, 11) is 0. The lowest BCUT2D eigenvalue weighted by Gasteiger charge is -1.99. The molecule has 0 bridgehead atoms. The first-order valence-corrected chi connectivity index (χ1v) is 7.14. The number of aromatic amines is 1. The van der Waals surface area contributed by atoms with E-state index < -0.39 is 0 Å².